The largest absolute Gasteiger partial charge is 0.505 e. The summed E-state index contributed by atoms with van der Waals surface area (Å²) in [6.45, 7) is 7.83. The number of hydrogen-bond acceptors (Lipinski definition) is 3. The van der Waals surface area contributed by atoms with E-state index >= 15 is 0 Å². The summed E-state index contributed by atoms with van der Waals surface area (Å²) in [5.41, 5.74) is 3.68. The predicted octanol–water partition coefficient (Wildman–Crippen LogP) is 2.78. The van der Waals surface area contributed by atoms with Crippen molar-refractivity contribution in [1.82, 2.24) is 15.1 Å². The number of carbonyl (C=O) groups is 1. The van der Waals surface area contributed by atoms with Gasteiger partial charge in [-0.05, 0) is 50.5 Å². The van der Waals surface area contributed by atoms with E-state index in [1.165, 1.54) is 12.1 Å². The summed E-state index contributed by atoms with van der Waals surface area (Å²) in [5, 5.41) is 16.4. The third kappa shape index (κ3) is 3.70. The third-order valence-electron chi connectivity index (χ3n) is 4.03. The molecule has 2 aromatic rings. The molecular weight excluding hydrogens is 297 g/mol. The topological polar surface area (TPSA) is 67.2 Å². The zero-order chi connectivity index (χ0) is 17.1. The van der Waals surface area contributed by atoms with Gasteiger partial charge in [-0.25, -0.2) is 4.39 Å². The number of halogens is 1. The first kappa shape index (κ1) is 17.0. The number of rotatable bonds is 5. The van der Waals surface area contributed by atoms with Gasteiger partial charge in [-0.2, -0.15) is 5.10 Å². The molecule has 0 aliphatic heterocycles. The van der Waals surface area contributed by atoms with Crippen LogP contribution in [0.2, 0.25) is 0 Å². The molecule has 1 heterocycles. The van der Waals surface area contributed by atoms with Crippen molar-refractivity contribution in [1.29, 1.82) is 0 Å². The minimum absolute atomic E-state index is 0.123. The highest BCUT2D eigenvalue weighted by Gasteiger charge is 2.15. The second-order valence-electron chi connectivity index (χ2n) is 5.66. The summed E-state index contributed by atoms with van der Waals surface area (Å²) < 4.78 is 15.1. The summed E-state index contributed by atoms with van der Waals surface area (Å²) in [7, 11) is 0. The molecule has 124 valence electrons. The Balaban J connectivity index is 2.05. The van der Waals surface area contributed by atoms with Crippen LogP contribution in [0.4, 0.5) is 4.39 Å². The SMILES string of the molecule is CCc1c(C)nn(CC(=O)N[C@@H](C)c2ccc(O)c(F)c2)c1C. The second-order valence-corrected chi connectivity index (χ2v) is 5.66. The molecule has 0 bridgehead atoms. The van der Waals surface area contributed by atoms with E-state index in [9.17, 15) is 14.3 Å². The van der Waals surface area contributed by atoms with E-state index in [1.807, 2.05) is 13.8 Å². The maximum atomic E-state index is 13.4. The molecule has 0 radical (unpaired) electrons. The van der Waals surface area contributed by atoms with Crippen LogP contribution >= 0.6 is 0 Å². The lowest BCUT2D eigenvalue weighted by molar-refractivity contribution is -0.122. The monoisotopic (exact) mass is 319 g/mol. The average Bonchev–Trinajstić information content (AvgIpc) is 2.75. The molecule has 1 aromatic carbocycles. The molecule has 0 aliphatic rings. The lowest BCUT2D eigenvalue weighted by Gasteiger charge is -2.15. The standard InChI is InChI=1S/C17H22FN3O2/c1-5-14-11(3)20-21(12(14)4)9-17(23)19-10(2)13-6-7-16(22)15(18)8-13/h6-8,10,22H,5,9H2,1-4H3,(H,19,23)/t10-/m0/s1. The Morgan fingerprint density at radius 1 is 1.43 bits per heavy atom. The molecule has 6 heteroatoms. The van der Waals surface area contributed by atoms with Crippen LogP contribution < -0.4 is 5.32 Å². The normalized spacial score (nSPS) is 12.2. The van der Waals surface area contributed by atoms with Crippen LogP contribution in [-0.2, 0) is 17.8 Å². The molecule has 0 aliphatic carbocycles. The van der Waals surface area contributed by atoms with Gasteiger partial charge in [0.1, 0.15) is 6.54 Å². The molecule has 1 aromatic heterocycles. The quantitative estimate of drug-likeness (QED) is 0.890. The van der Waals surface area contributed by atoms with Crippen molar-refractivity contribution in [2.24, 2.45) is 0 Å². The first-order chi connectivity index (χ1) is 10.8. The maximum Gasteiger partial charge on any atom is 0.242 e. The summed E-state index contributed by atoms with van der Waals surface area (Å²) in [4.78, 5) is 12.2. The van der Waals surface area contributed by atoms with Crippen molar-refractivity contribution in [3.05, 3.63) is 46.5 Å². The highest BCUT2D eigenvalue weighted by molar-refractivity contribution is 5.76. The fourth-order valence-corrected chi connectivity index (χ4v) is 2.70. The van der Waals surface area contributed by atoms with Crippen LogP contribution in [-0.4, -0.2) is 20.8 Å². The van der Waals surface area contributed by atoms with E-state index in [0.29, 0.717) is 5.56 Å². The van der Waals surface area contributed by atoms with Gasteiger partial charge in [-0.15, -0.1) is 0 Å². The van der Waals surface area contributed by atoms with Crippen LogP contribution in [0.1, 0.15) is 42.4 Å². The molecule has 0 saturated carbocycles. The molecule has 1 atom stereocenters. The Labute approximate surface area is 135 Å². The minimum Gasteiger partial charge on any atom is -0.505 e. The number of benzene rings is 1. The Morgan fingerprint density at radius 2 is 2.13 bits per heavy atom. The van der Waals surface area contributed by atoms with E-state index in [1.54, 1.807) is 17.7 Å². The van der Waals surface area contributed by atoms with Crippen LogP contribution in [0.3, 0.4) is 0 Å². The van der Waals surface area contributed by atoms with Gasteiger partial charge in [0.15, 0.2) is 11.6 Å². The van der Waals surface area contributed by atoms with Gasteiger partial charge in [0.25, 0.3) is 0 Å². The van der Waals surface area contributed by atoms with Gasteiger partial charge in [-0.3, -0.25) is 9.48 Å². The van der Waals surface area contributed by atoms with Crippen molar-refractivity contribution in [3.63, 3.8) is 0 Å². The predicted molar refractivity (Wildman–Crippen MR) is 85.7 cm³/mol. The minimum atomic E-state index is -0.699. The van der Waals surface area contributed by atoms with Crippen molar-refractivity contribution in [2.45, 2.75) is 46.7 Å². The maximum absolute atomic E-state index is 13.4. The molecule has 23 heavy (non-hydrogen) atoms. The zero-order valence-electron chi connectivity index (χ0n) is 13.9. The summed E-state index contributed by atoms with van der Waals surface area (Å²) in [6.07, 6.45) is 0.877. The van der Waals surface area contributed by atoms with Crippen molar-refractivity contribution < 1.29 is 14.3 Å². The molecule has 0 fully saturated rings. The molecule has 2 N–H and O–H groups in total. The molecule has 1 amide bonds. The van der Waals surface area contributed by atoms with E-state index in [-0.39, 0.29) is 18.5 Å². The number of phenolic OH excluding ortho intramolecular Hbond substituents is 1. The number of nitrogens with one attached hydrogen (secondary N) is 1. The molecular formula is C17H22FN3O2. The first-order valence-electron chi connectivity index (χ1n) is 7.64. The number of aromatic nitrogens is 2. The molecule has 0 unspecified atom stereocenters. The fourth-order valence-electron chi connectivity index (χ4n) is 2.70. The van der Waals surface area contributed by atoms with Gasteiger partial charge in [0, 0.05) is 5.69 Å². The van der Waals surface area contributed by atoms with Crippen molar-refractivity contribution >= 4 is 5.91 Å². The van der Waals surface area contributed by atoms with E-state index < -0.39 is 11.6 Å². The smallest absolute Gasteiger partial charge is 0.242 e. The molecule has 2 rings (SSSR count). The number of phenols is 1. The molecule has 0 spiro atoms. The number of amides is 1. The van der Waals surface area contributed by atoms with E-state index in [4.69, 9.17) is 0 Å². The average molecular weight is 319 g/mol. The van der Waals surface area contributed by atoms with Crippen LogP contribution in [0, 0.1) is 19.7 Å². The second kappa shape index (κ2) is 6.81. The van der Waals surface area contributed by atoms with Gasteiger partial charge in [0.2, 0.25) is 5.91 Å². The molecule has 0 saturated heterocycles. The Hall–Kier alpha value is -2.37. The highest BCUT2D eigenvalue weighted by Crippen LogP contribution is 2.20. The third-order valence-corrected chi connectivity index (χ3v) is 4.03. The van der Waals surface area contributed by atoms with Crippen LogP contribution in [0.15, 0.2) is 18.2 Å². The zero-order valence-corrected chi connectivity index (χ0v) is 13.9. The van der Waals surface area contributed by atoms with Crippen LogP contribution in [0.25, 0.3) is 0 Å². The summed E-state index contributed by atoms with van der Waals surface area (Å²) in [6, 6.07) is 3.72. The van der Waals surface area contributed by atoms with Gasteiger partial charge < -0.3 is 10.4 Å². The summed E-state index contributed by atoms with van der Waals surface area (Å²) in [5.74, 6) is -1.30. The highest BCUT2D eigenvalue weighted by atomic mass is 19.1. The molecule has 5 nitrogen and oxygen atoms in total. The lowest BCUT2D eigenvalue weighted by Crippen LogP contribution is -2.30. The Kier molecular flexibility index (Phi) is 5.03. The fraction of sp³-hybridized carbons (Fsp3) is 0.412. The number of nitrogens with zero attached hydrogens (tertiary/aromatic N) is 2. The lowest BCUT2D eigenvalue weighted by atomic mass is 10.1. The number of hydrogen-bond donors (Lipinski definition) is 2. The van der Waals surface area contributed by atoms with Gasteiger partial charge >= 0.3 is 0 Å². The number of aryl methyl sites for hydroxylation is 1. The van der Waals surface area contributed by atoms with Gasteiger partial charge in [0.05, 0.1) is 11.7 Å². The number of aromatic hydroxyl groups is 1. The van der Waals surface area contributed by atoms with Crippen molar-refractivity contribution in [2.75, 3.05) is 0 Å². The summed E-state index contributed by atoms with van der Waals surface area (Å²) >= 11 is 0. The van der Waals surface area contributed by atoms with Crippen molar-refractivity contribution in [3.8, 4) is 5.75 Å². The Morgan fingerprint density at radius 3 is 2.70 bits per heavy atom. The Bertz CT molecular complexity index is 725. The van der Waals surface area contributed by atoms with Gasteiger partial charge in [-0.1, -0.05) is 13.0 Å². The first-order valence-corrected chi connectivity index (χ1v) is 7.64. The van der Waals surface area contributed by atoms with E-state index in [0.717, 1.165) is 23.4 Å². The van der Waals surface area contributed by atoms with E-state index in [2.05, 4.69) is 17.3 Å². The number of carbonyl (C=O) groups excluding carboxylic acids is 1. The van der Waals surface area contributed by atoms with Crippen LogP contribution in [0.5, 0.6) is 5.75 Å².